The van der Waals surface area contributed by atoms with Crippen LogP contribution in [-0.2, 0) is 0 Å². The van der Waals surface area contributed by atoms with Crippen molar-refractivity contribution >= 4 is 34.1 Å². The summed E-state index contributed by atoms with van der Waals surface area (Å²) in [5, 5.41) is 14.5. The third-order valence-corrected chi connectivity index (χ3v) is 6.16. The minimum Gasteiger partial charge on any atom is -0.493 e. The molecule has 0 unspecified atom stereocenters. The smallest absolute Gasteiger partial charge is 0.293 e. The van der Waals surface area contributed by atoms with Gasteiger partial charge in [0.15, 0.2) is 17.1 Å². The molecule has 2 heterocycles. The SMILES string of the molecule is COc1ccc(-c2nc3cc(NC(=O)c4ccc(N5CCCC5)c([N+](=O)[O-])c4)ccc3o2)cc1OC. The maximum Gasteiger partial charge on any atom is 0.293 e. The highest BCUT2D eigenvalue weighted by atomic mass is 16.6. The van der Waals surface area contributed by atoms with Gasteiger partial charge in [0, 0.05) is 36.0 Å². The van der Waals surface area contributed by atoms with Gasteiger partial charge in [-0.25, -0.2) is 4.98 Å². The number of carbonyl (C=O) groups is 1. The molecule has 0 saturated carbocycles. The van der Waals surface area contributed by atoms with Crippen LogP contribution in [0.25, 0.3) is 22.6 Å². The van der Waals surface area contributed by atoms with E-state index >= 15 is 0 Å². The number of anilines is 2. The maximum absolute atomic E-state index is 12.9. The lowest BCUT2D eigenvalue weighted by Gasteiger charge is -2.17. The van der Waals surface area contributed by atoms with Crippen molar-refractivity contribution in [3.8, 4) is 23.0 Å². The second-order valence-corrected chi connectivity index (χ2v) is 8.38. The van der Waals surface area contributed by atoms with Crippen LogP contribution in [0.5, 0.6) is 11.5 Å². The summed E-state index contributed by atoms with van der Waals surface area (Å²) in [5.74, 6) is 1.09. The Balaban J connectivity index is 1.38. The third-order valence-electron chi connectivity index (χ3n) is 6.16. The molecule has 0 radical (unpaired) electrons. The van der Waals surface area contributed by atoms with Gasteiger partial charge < -0.3 is 24.1 Å². The van der Waals surface area contributed by atoms with E-state index in [0.29, 0.717) is 45.4 Å². The molecule has 1 aromatic heterocycles. The molecule has 1 saturated heterocycles. The van der Waals surface area contributed by atoms with Gasteiger partial charge in [0.1, 0.15) is 11.2 Å². The van der Waals surface area contributed by atoms with E-state index in [9.17, 15) is 14.9 Å². The van der Waals surface area contributed by atoms with Crippen molar-refractivity contribution in [3.63, 3.8) is 0 Å². The number of hydrogen-bond acceptors (Lipinski definition) is 8. The summed E-state index contributed by atoms with van der Waals surface area (Å²) < 4.78 is 16.5. The number of methoxy groups -OCH3 is 2. The lowest BCUT2D eigenvalue weighted by molar-refractivity contribution is -0.384. The van der Waals surface area contributed by atoms with E-state index < -0.39 is 10.8 Å². The van der Waals surface area contributed by atoms with Gasteiger partial charge in [-0.1, -0.05) is 0 Å². The molecule has 0 atom stereocenters. The molecule has 184 valence electrons. The lowest BCUT2D eigenvalue weighted by Crippen LogP contribution is -2.19. The molecule has 1 fully saturated rings. The first-order valence-electron chi connectivity index (χ1n) is 11.4. The number of hydrogen-bond donors (Lipinski definition) is 1. The zero-order valence-electron chi connectivity index (χ0n) is 19.8. The number of nitrogens with zero attached hydrogens (tertiary/aromatic N) is 3. The van der Waals surface area contributed by atoms with Crippen LogP contribution >= 0.6 is 0 Å². The van der Waals surface area contributed by atoms with Gasteiger partial charge in [0.05, 0.1) is 19.1 Å². The number of nitro groups is 1. The Morgan fingerprint density at radius 2 is 1.81 bits per heavy atom. The number of benzene rings is 3. The number of nitro benzene ring substituents is 1. The third kappa shape index (κ3) is 4.40. The van der Waals surface area contributed by atoms with Gasteiger partial charge in [0.2, 0.25) is 5.89 Å². The Bertz CT molecular complexity index is 1460. The first kappa shape index (κ1) is 23.2. The Labute approximate surface area is 206 Å². The van der Waals surface area contributed by atoms with Crippen LogP contribution in [0.1, 0.15) is 23.2 Å². The summed E-state index contributed by atoms with van der Waals surface area (Å²) in [4.78, 5) is 30.6. The summed E-state index contributed by atoms with van der Waals surface area (Å²) in [7, 11) is 3.12. The number of oxazole rings is 1. The number of carbonyl (C=O) groups excluding carboxylic acids is 1. The van der Waals surface area contributed by atoms with Crippen LogP contribution in [-0.4, -0.2) is 43.1 Å². The first-order valence-corrected chi connectivity index (χ1v) is 11.4. The molecule has 10 heteroatoms. The Morgan fingerprint density at radius 3 is 2.53 bits per heavy atom. The Morgan fingerprint density at radius 1 is 1.03 bits per heavy atom. The van der Waals surface area contributed by atoms with E-state index in [-0.39, 0.29) is 11.3 Å². The van der Waals surface area contributed by atoms with Gasteiger partial charge in [-0.15, -0.1) is 0 Å². The molecule has 5 rings (SSSR count). The Hall–Kier alpha value is -4.60. The summed E-state index contributed by atoms with van der Waals surface area (Å²) in [6.45, 7) is 1.55. The zero-order valence-corrected chi connectivity index (χ0v) is 19.8. The first-order chi connectivity index (χ1) is 17.5. The van der Waals surface area contributed by atoms with Crippen molar-refractivity contribution in [1.29, 1.82) is 0 Å². The van der Waals surface area contributed by atoms with Crippen LogP contribution in [0.4, 0.5) is 17.1 Å². The molecule has 0 spiro atoms. The zero-order chi connectivity index (χ0) is 25.2. The van der Waals surface area contributed by atoms with Crippen LogP contribution in [0.2, 0.25) is 0 Å². The topological polar surface area (TPSA) is 120 Å². The van der Waals surface area contributed by atoms with Crippen molar-refractivity contribution < 1.29 is 23.6 Å². The summed E-state index contributed by atoms with van der Waals surface area (Å²) >= 11 is 0. The van der Waals surface area contributed by atoms with E-state index in [1.165, 1.54) is 6.07 Å². The van der Waals surface area contributed by atoms with E-state index in [2.05, 4.69) is 10.3 Å². The minimum absolute atomic E-state index is 0.0731. The number of amides is 1. The number of fused-ring (bicyclic) bond motifs is 1. The van der Waals surface area contributed by atoms with Gasteiger partial charge in [-0.3, -0.25) is 14.9 Å². The normalized spacial score (nSPS) is 13.1. The molecule has 1 amide bonds. The number of nitrogens with one attached hydrogen (secondary N) is 1. The van der Waals surface area contributed by atoms with Gasteiger partial charge in [-0.05, 0) is 61.4 Å². The predicted octanol–water partition coefficient (Wildman–Crippen LogP) is 5.27. The quantitative estimate of drug-likeness (QED) is 0.276. The highest BCUT2D eigenvalue weighted by Gasteiger charge is 2.24. The fourth-order valence-corrected chi connectivity index (χ4v) is 4.34. The predicted molar refractivity (Wildman–Crippen MR) is 135 cm³/mol. The molecule has 1 aliphatic heterocycles. The molecular formula is C26H24N4O6. The van der Waals surface area contributed by atoms with Gasteiger partial charge in [0.25, 0.3) is 11.6 Å². The summed E-state index contributed by atoms with van der Waals surface area (Å²) in [6, 6.07) is 15.0. The highest BCUT2D eigenvalue weighted by molar-refractivity contribution is 6.05. The largest absolute Gasteiger partial charge is 0.493 e. The second-order valence-electron chi connectivity index (χ2n) is 8.38. The number of aromatic nitrogens is 1. The van der Waals surface area contributed by atoms with E-state index in [0.717, 1.165) is 25.9 Å². The number of ether oxygens (including phenoxy) is 2. The van der Waals surface area contributed by atoms with E-state index in [4.69, 9.17) is 13.9 Å². The molecule has 4 aromatic rings. The monoisotopic (exact) mass is 488 g/mol. The van der Waals surface area contributed by atoms with Crippen molar-refractivity contribution in [3.05, 3.63) is 70.3 Å². The molecular weight excluding hydrogens is 464 g/mol. The molecule has 3 aromatic carbocycles. The summed E-state index contributed by atoms with van der Waals surface area (Å²) in [5.41, 5.74) is 2.97. The average Bonchev–Trinajstić information content (AvgIpc) is 3.58. The Kier molecular flexibility index (Phi) is 6.16. The average molecular weight is 489 g/mol. The maximum atomic E-state index is 12.9. The second kappa shape index (κ2) is 9.57. The standard InChI is InChI=1S/C26H24N4O6/c1-34-23-9-6-17(14-24(23)35-2)26-28-19-15-18(7-10-22(19)36-26)27-25(31)16-5-8-20(21(13-16)30(32)33)29-11-3-4-12-29/h5-10,13-15H,3-4,11-12H2,1-2H3,(H,27,31). The molecule has 1 aliphatic rings. The van der Waals surface area contributed by atoms with Crippen LogP contribution < -0.4 is 19.7 Å². The van der Waals surface area contributed by atoms with Crippen LogP contribution in [0.15, 0.2) is 59.0 Å². The molecule has 10 nitrogen and oxygen atoms in total. The van der Waals surface area contributed by atoms with Crippen molar-refractivity contribution in [2.24, 2.45) is 0 Å². The van der Waals surface area contributed by atoms with E-state index in [1.807, 2.05) is 11.0 Å². The van der Waals surface area contributed by atoms with Crippen molar-refractivity contribution in [2.45, 2.75) is 12.8 Å². The minimum atomic E-state index is -0.450. The van der Waals surface area contributed by atoms with Crippen molar-refractivity contribution in [2.75, 3.05) is 37.5 Å². The molecule has 1 N–H and O–H groups in total. The number of rotatable bonds is 7. The van der Waals surface area contributed by atoms with Crippen molar-refractivity contribution in [1.82, 2.24) is 4.98 Å². The molecule has 0 aliphatic carbocycles. The highest BCUT2D eigenvalue weighted by Crippen LogP contribution is 2.34. The van der Waals surface area contributed by atoms with Crippen LogP contribution in [0, 0.1) is 10.1 Å². The van der Waals surface area contributed by atoms with Crippen LogP contribution in [0.3, 0.4) is 0 Å². The van der Waals surface area contributed by atoms with E-state index in [1.54, 1.807) is 56.7 Å². The fraction of sp³-hybridized carbons (Fsp3) is 0.231. The molecule has 0 bridgehead atoms. The molecule has 36 heavy (non-hydrogen) atoms. The summed E-state index contributed by atoms with van der Waals surface area (Å²) in [6.07, 6.45) is 2.00. The lowest BCUT2D eigenvalue weighted by atomic mass is 10.1. The fourth-order valence-electron chi connectivity index (χ4n) is 4.34. The van der Waals surface area contributed by atoms with Gasteiger partial charge in [-0.2, -0.15) is 0 Å². The van der Waals surface area contributed by atoms with Gasteiger partial charge >= 0.3 is 0 Å².